The Morgan fingerprint density at radius 1 is 1.24 bits per heavy atom. The topological polar surface area (TPSA) is 42.4 Å². The van der Waals surface area contributed by atoms with Gasteiger partial charge in [-0.15, -0.1) is 0 Å². The Morgan fingerprint density at radius 2 is 2.00 bits per heavy atom. The molecule has 1 amide bonds. The van der Waals surface area contributed by atoms with E-state index in [4.69, 9.17) is 4.74 Å². The van der Waals surface area contributed by atoms with E-state index in [2.05, 4.69) is 4.98 Å². The number of amides is 1. The maximum atomic E-state index is 13.5. The van der Waals surface area contributed by atoms with Crippen molar-refractivity contribution < 1.29 is 22.7 Å². The first-order valence-corrected chi connectivity index (χ1v) is 7.70. The monoisotopic (exact) mass is 352 g/mol. The van der Waals surface area contributed by atoms with Crippen LogP contribution < -0.4 is 0 Å². The van der Waals surface area contributed by atoms with E-state index in [1.165, 1.54) is 12.3 Å². The Morgan fingerprint density at radius 3 is 2.64 bits per heavy atom. The van der Waals surface area contributed by atoms with Crippen LogP contribution in [0.3, 0.4) is 0 Å². The maximum absolute atomic E-state index is 13.5. The molecule has 0 saturated carbocycles. The van der Waals surface area contributed by atoms with E-state index in [1.54, 1.807) is 24.3 Å². The van der Waals surface area contributed by atoms with Gasteiger partial charge in [0, 0.05) is 31.6 Å². The average molecular weight is 352 g/mol. The van der Waals surface area contributed by atoms with E-state index >= 15 is 0 Å². The quantitative estimate of drug-likeness (QED) is 0.675. The van der Waals surface area contributed by atoms with Gasteiger partial charge in [-0.05, 0) is 36.2 Å². The van der Waals surface area contributed by atoms with Gasteiger partial charge in [0.25, 0.3) is 6.43 Å². The molecule has 2 aromatic rings. The normalized spacial score (nSPS) is 12.2. The minimum Gasteiger partial charge on any atom is -0.383 e. The summed E-state index contributed by atoms with van der Waals surface area (Å²) in [5.74, 6) is -0.942. The highest BCUT2D eigenvalue weighted by atomic mass is 19.3. The maximum Gasteiger partial charge on any atom is 0.266 e. The SMILES string of the molecule is COCCN(C=O)C(C)c1cncc(-c2ccc(F)c(C(F)F)c2)c1. The molecule has 134 valence electrons. The van der Waals surface area contributed by atoms with Gasteiger partial charge in [0.05, 0.1) is 18.2 Å². The summed E-state index contributed by atoms with van der Waals surface area (Å²) in [5.41, 5.74) is 1.10. The summed E-state index contributed by atoms with van der Waals surface area (Å²) >= 11 is 0. The molecule has 1 unspecified atom stereocenters. The molecule has 1 heterocycles. The standard InChI is InChI=1S/C18H19F3N2O2/c1-12(23(11-24)5-6-25-2)14-7-15(10-22-9-14)13-3-4-17(19)16(8-13)18(20)21/h3-4,7-12,18H,5-6H2,1-2H3. The van der Waals surface area contributed by atoms with Crippen molar-refractivity contribution in [2.24, 2.45) is 0 Å². The summed E-state index contributed by atoms with van der Waals surface area (Å²) in [6.07, 6.45) is 0.951. The number of nitrogens with zero attached hydrogens (tertiary/aromatic N) is 2. The van der Waals surface area contributed by atoms with Gasteiger partial charge in [0.2, 0.25) is 6.41 Å². The zero-order valence-electron chi connectivity index (χ0n) is 14.0. The van der Waals surface area contributed by atoms with Gasteiger partial charge in [0.1, 0.15) is 5.82 Å². The van der Waals surface area contributed by atoms with Crippen LogP contribution in [-0.2, 0) is 9.53 Å². The number of halogens is 3. The van der Waals surface area contributed by atoms with Crippen LogP contribution in [0.15, 0.2) is 36.7 Å². The van der Waals surface area contributed by atoms with E-state index in [-0.39, 0.29) is 6.04 Å². The van der Waals surface area contributed by atoms with Crippen molar-refractivity contribution in [1.82, 2.24) is 9.88 Å². The summed E-state index contributed by atoms with van der Waals surface area (Å²) in [4.78, 5) is 16.9. The van der Waals surface area contributed by atoms with Crippen molar-refractivity contribution in [3.8, 4) is 11.1 Å². The molecule has 25 heavy (non-hydrogen) atoms. The van der Waals surface area contributed by atoms with Gasteiger partial charge in [-0.1, -0.05) is 6.07 Å². The van der Waals surface area contributed by atoms with E-state index in [9.17, 15) is 18.0 Å². The molecule has 1 aromatic carbocycles. The largest absolute Gasteiger partial charge is 0.383 e. The van der Waals surface area contributed by atoms with Crippen LogP contribution in [0.25, 0.3) is 11.1 Å². The Kier molecular flexibility index (Phi) is 6.52. The molecular weight excluding hydrogens is 333 g/mol. The first-order valence-electron chi connectivity index (χ1n) is 7.70. The lowest BCUT2D eigenvalue weighted by molar-refractivity contribution is -0.120. The zero-order chi connectivity index (χ0) is 18.4. The molecule has 7 heteroatoms. The molecule has 0 saturated heterocycles. The van der Waals surface area contributed by atoms with E-state index in [0.29, 0.717) is 24.3 Å². The van der Waals surface area contributed by atoms with Crippen LogP contribution in [0, 0.1) is 5.82 Å². The number of hydrogen-bond donors (Lipinski definition) is 0. The van der Waals surface area contributed by atoms with Gasteiger partial charge in [-0.3, -0.25) is 9.78 Å². The van der Waals surface area contributed by atoms with Gasteiger partial charge in [-0.25, -0.2) is 13.2 Å². The molecule has 0 bridgehead atoms. The summed E-state index contributed by atoms with van der Waals surface area (Å²) in [7, 11) is 1.55. The van der Waals surface area contributed by atoms with Crippen LogP contribution in [0.2, 0.25) is 0 Å². The van der Waals surface area contributed by atoms with Crippen molar-refractivity contribution in [3.05, 3.63) is 53.6 Å². The van der Waals surface area contributed by atoms with Gasteiger partial charge in [-0.2, -0.15) is 0 Å². The molecule has 0 radical (unpaired) electrons. The van der Waals surface area contributed by atoms with Crippen molar-refractivity contribution in [2.75, 3.05) is 20.3 Å². The molecular formula is C18H19F3N2O2. The molecule has 0 aliphatic heterocycles. The van der Waals surface area contributed by atoms with E-state index < -0.39 is 17.8 Å². The Bertz CT molecular complexity index is 725. The minimum atomic E-state index is -2.89. The number of carbonyl (C=O) groups excluding carboxylic acids is 1. The van der Waals surface area contributed by atoms with Crippen molar-refractivity contribution in [3.63, 3.8) is 0 Å². The first-order chi connectivity index (χ1) is 12.0. The lowest BCUT2D eigenvalue weighted by Gasteiger charge is -2.25. The highest BCUT2D eigenvalue weighted by Crippen LogP contribution is 2.29. The van der Waals surface area contributed by atoms with Crippen LogP contribution in [0.1, 0.15) is 30.5 Å². The third kappa shape index (κ3) is 4.57. The number of alkyl halides is 2. The predicted molar refractivity (Wildman–Crippen MR) is 87.6 cm³/mol. The molecule has 0 fully saturated rings. The Labute approximate surface area is 144 Å². The van der Waals surface area contributed by atoms with Crippen LogP contribution in [0.4, 0.5) is 13.2 Å². The average Bonchev–Trinajstić information content (AvgIpc) is 2.62. The highest BCUT2D eigenvalue weighted by molar-refractivity contribution is 5.64. The lowest BCUT2D eigenvalue weighted by atomic mass is 10.0. The number of benzene rings is 1. The van der Waals surface area contributed by atoms with Crippen molar-refractivity contribution in [1.29, 1.82) is 0 Å². The lowest BCUT2D eigenvalue weighted by Crippen LogP contribution is -2.29. The number of pyridine rings is 1. The smallest absolute Gasteiger partial charge is 0.266 e. The fourth-order valence-electron chi connectivity index (χ4n) is 2.46. The fraction of sp³-hybridized carbons (Fsp3) is 0.333. The third-order valence-corrected chi connectivity index (χ3v) is 3.99. The second-order valence-corrected chi connectivity index (χ2v) is 5.56. The second kappa shape index (κ2) is 8.62. The number of methoxy groups -OCH3 is 1. The highest BCUT2D eigenvalue weighted by Gasteiger charge is 2.17. The molecule has 1 atom stereocenters. The van der Waals surface area contributed by atoms with Crippen LogP contribution >= 0.6 is 0 Å². The van der Waals surface area contributed by atoms with E-state index in [0.717, 1.165) is 24.1 Å². The second-order valence-electron chi connectivity index (χ2n) is 5.56. The molecule has 4 nitrogen and oxygen atoms in total. The first kappa shape index (κ1) is 18.9. The zero-order valence-corrected chi connectivity index (χ0v) is 14.0. The van der Waals surface area contributed by atoms with E-state index in [1.807, 2.05) is 6.92 Å². The number of carbonyl (C=O) groups is 1. The van der Waals surface area contributed by atoms with Gasteiger partial charge >= 0.3 is 0 Å². The summed E-state index contributed by atoms with van der Waals surface area (Å²) < 4.78 is 44.2. The summed E-state index contributed by atoms with van der Waals surface area (Å²) in [5, 5.41) is 0. The van der Waals surface area contributed by atoms with Crippen molar-refractivity contribution in [2.45, 2.75) is 19.4 Å². The number of ether oxygens (including phenoxy) is 1. The molecule has 1 aromatic heterocycles. The fourth-order valence-corrected chi connectivity index (χ4v) is 2.46. The number of rotatable bonds is 8. The third-order valence-electron chi connectivity index (χ3n) is 3.99. The Hall–Kier alpha value is -2.41. The number of hydrogen-bond acceptors (Lipinski definition) is 3. The molecule has 0 aliphatic rings. The van der Waals surface area contributed by atoms with Crippen LogP contribution in [0.5, 0.6) is 0 Å². The molecule has 0 spiro atoms. The molecule has 0 N–H and O–H groups in total. The van der Waals surface area contributed by atoms with Gasteiger partial charge < -0.3 is 9.64 Å². The summed E-state index contributed by atoms with van der Waals surface area (Å²) in [6.45, 7) is 2.64. The minimum absolute atomic E-state index is 0.268. The van der Waals surface area contributed by atoms with Crippen LogP contribution in [-0.4, -0.2) is 36.6 Å². The predicted octanol–water partition coefficient (Wildman–Crippen LogP) is 3.99. The van der Waals surface area contributed by atoms with Gasteiger partial charge in [0.15, 0.2) is 0 Å². The molecule has 2 rings (SSSR count). The Balaban J connectivity index is 2.32. The summed E-state index contributed by atoms with van der Waals surface area (Å²) in [6, 6.07) is 5.05. The van der Waals surface area contributed by atoms with Crippen molar-refractivity contribution >= 4 is 6.41 Å². The number of aromatic nitrogens is 1. The molecule has 0 aliphatic carbocycles.